The molecule has 0 saturated heterocycles. The van der Waals surface area contributed by atoms with Crippen LogP contribution in [0, 0.1) is 5.82 Å². The van der Waals surface area contributed by atoms with E-state index in [1.165, 1.54) is 89.9 Å². The van der Waals surface area contributed by atoms with Crippen LogP contribution in [-0.4, -0.2) is 66.1 Å². The first kappa shape index (κ1) is 31.5. The predicted octanol–water partition coefficient (Wildman–Crippen LogP) is 3.86. The van der Waals surface area contributed by atoms with Gasteiger partial charge in [0.05, 0.1) is 31.9 Å². The van der Waals surface area contributed by atoms with Crippen molar-refractivity contribution in [1.82, 2.24) is 10.2 Å². The van der Waals surface area contributed by atoms with Crippen molar-refractivity contribution in [2.45, 2.75) is 24.4 Å². The normalized spacial score (nSPS) is 11.8. The molecule has 0 radical (unpaired) electrons. The van der Waals surface area contributed by atoms with E-state index in [0.717, 1.165) is 9.21 Å². The summed E-state index contributed by atoms with van der Waals surface area (Å²) >= 11 is 6.23. The standard InChI is InChI=1S/C28H31ClFN3O7S/c1-18(28(35)31-2)32(16-19-8-6-7-9-22(19)30)27(34)17-33(23-14-20(29)10-12-24(23)38-3)41(36,37)21-11-13-25(39-4)26(15-21)40-5/h6-15,18H,16-17H2,1-5H3,(H,31,35)/t18-/m1/s1. The fourth-order valence-corrected chi connectivity index (χ4v) is 5.68. The Hall–Kier alpha value is -4.03. The van der Waals surface area contributed by atoms with Crippen molar-refractivity contribution in [2.75, 3.05) is 39.2 Å². The predicted molar refractivity (Wildman–Crippen MR) is 153 cm³/mol. The van der Waals surface area contributed by atoms with Gasteiger partial charge in [-0.3, -0.25) is 13.9 Å². The Morgan fingerprint density at radius 2 is 1.59 bits per heavy atom. The van der Waals surface area contributed by atoms with Gasteiger partial charge < -0.3 is 24.4 Å². The Labute approximate surface area is 243 Å². The minimum Gasteiger partial charge on any atom is -0.495 e. The van der Waals surface area contributed by atoms with Crippen molar-refractivity contribution in [3.63, 3.8) is 0 Å². The van der Waals surface area contributed by atoms with Gasteiger partial charge in [0.1, 0.15) is 24.2 Å². The van der Waals surface area contributed by atoms with Crippen molar-refractivity contribution < 1.29 is 36.6 Å². The monoisotopic (exact) mass is 607 g/mol. The summed E-state index contributed by atoms with van der Waals surface area (Å²) in [7, 11) is 1.02. The average molecular weight is 608 g/mol. The quantitative estimate of drug-likeness (QED) is 0.332. The molecule has 3 rings (SSSR count). The molecule has 0 aliphatic rings. The highest BCUT2D eigenvalue weighted by Crippen LogP contribution is 2.37. The van der Waals surface area contributed by atoms with Gasteiger partial charge in [-0.05, 0) is 43.3 Å². The lowest BCUT2D eigenvalue weighted by Gasteiger charge is -2.32. The van der Waals surface area contributed by atoms with Crippen LogP contribution in [0.3, 0.4) is 0 Å². The molecule has 220 valence electrons. The molecule has 3 aromatic rings. The maximum atomic E-state index is 14.6. The molecule has 0 heterocycles. The average Bonchev–Trinajstić information content (AvgIpc) is 2.97. The number of halogens is 2. The number of hydrogen-bond acceptors (Lipinski definition) is 7. The molecule has 1 atom stereocenters. The van der Waals surface area contributed by atoms with Crippen molar-refractivity contribution >= 4 is 39.1 Å². The zero-order valence-electron chi connectivity index (χ0n) is 23.2. The third kappa shape index (κ3) is 7.01. The number of nitrogens with one attached hydrogen (secondary N) is 1. The van der Waals surface area contributed by atoms with Gasteiger partial charge in [0.25, 0.3) is 10.0 Å². The summed E-state index contributed by atoms with van der Waals surface area (Å²) in [5, 5.41) is 2.65. The second kappa shape index (κ2) is 13.6. The fraction of sp³-hybridized carbons (Fsp3) is 0.286. The van der Waals surface area contributed by atoms with Crippen molar-refractivity contribution in [1.29, 1.82) is 0 Å². The molecule has 1 N–H and O–H groups in total. The van der Waals surface area contributed by atoms with E-state index in [2.05, 4.69) is 5.32 Å². The molecule has 0 fully saturated rings. The molecule has 0 saturated carbocycles. The maximum Gasteiger partial charge on any atom is 0.265 e. The van der Waals surface area contributed by atoms with Gasteiger partial charge >= 0.3 is 0 Å². The van der Waals surface area contributed by atoms with Crippen LogP contribution in [0.15, 0.2) is 65.6 Å². The second-order valence-corrected chi connectivity index (χ2v) is 11.0. The number of hydrogen-bond donors (Lipinski definition) is 1. The number of nitrogens with zero attached hydrogens (tertiary/aromatic N) is 2. The van der Waals surface area contributed by atoms with E-state index in [0.29, 0.717) is 5.75 Å². The molecular formula is C28H31ClFN3O7S. The largest absolute Gasteiger partial charge is 0.495 e. The number of likely N-dealkylation sites (N-methyl/N-ethyl adjacent to an activating group) is 1. The molecule has 10 nitrogen and oxygen atoms in total. The molecule has 0 unspecified atom stereocenters. The van der Waals surface area contributed by atoms with Gasteiger partial charge in [0.15, 0.2) is 11.5 Å². The first-order valence-electron chi connectivity index (χ1n) is 12.3. The number of sulfonamides is 1. The number of rotatable bonds is 12. The van der Waals surface area contributed by atoms with E-state index in [9.17, 15) is 22.4 Å². The van der Waals surface area contributed by atoms with E-state index >= 15 is 0 Å². The molecular weight excluding hydrogens is 577 g/mol. The van der Waals surface area contributed by atoms with Crippen LogP contribution in [0.1, 0.15) is 12.5 Å². The van der Waals surface area contributed by atoms with Gasteiger partial charge in [-0.2, -0.15) is 0 Å². The number of amides is 2. The lowest BCUT2D eigenvalue weighted by atomic mass is 10.1. The third-order valence-corrected chi connectivity index (χ3v) is 8.33. The van der Waals surface area contributed by atoms with E-state index in [-0.39, 0.29) is 39.2 Å². The van der Waals surface area contributed by atoms with Gasteiger partial charge in [-0.25, -0.2) is 12.8 Å². The molecule has 2 amide bonds. The molecule has 13 heteroatoms. The number of ether oxygens (including phenoxy) is 3. The maximum absolute atomic E-state index is 14.6. The molecule has 3 aromatic carbocycles. The van der Waals surface area contributed by atoms with Crippen LogP contribution < -0.4 is 23.8 Å². The summed E-state index contributed by atoms with van der Waals surface area (Å²) in [5.74, 6) is -1.33. The lowest BCUT2D eigenvalue weighted by Crippen LogP contribution is -2.50. The van der Waals surface area contributed by atoms with Crippen LogP contribution in [0.4, 0.5) is 10.1 Å². The van der Waals surface area contributed by atoms with Gasteiger partial charge in [-0.15, -0.1) is 0 Å². The molecule has 0 spiro atoms. The number of benzene rings is 3. The third-order valence-electron chi connectivity index (χ3n) is 6.34. The highest BCUT2D eigenvalue weighted by Gasteiger charge is 2.34. The van der Waals surface area contributed by atoms with Crippen molar-refractivity contribution in [3.8, 4) is 17.2 Å². The minimum atomic E-state index is -4.49. The van der Waals surface area contributed by atoms with Crippen molar-refractivity contribution in [3.05, 3.63) is 77.1 Å². The highest BCUT2D eigenvalue weighted by atomic mass is 35.5. The highest BCUT2D eigenvalue weighted by molar-refractivity contribution is 7.92. The van der Waals surface area contributed by atoms with Crippen molar-refractivity contribution in [2.24, 2.45) is 0 Å². The van der Waals surface area contributed by atoms with Crippen LogP contribution in [0.5, 0.6) is 17.2 Å². The Bertz CT molecular complexity index is 1520. The summed E-state index contributed by atoms with van der Waals surface area (Å²) in [6.45, 7) is 0.394. The van der Waals surface area contributed by atoms with Gasteiger partial charge in [0, 0.05) is 30.2 Å². The molecule has 0 aromatic heterocycles. The zero-order valence-corrected chi connectivity index (χ0v) is 24.8. The zero-order chi connectivity index (χ0) is 30.3. The van der Waals surface area contributed by atoms with Gasteiger partial charge in [0.2, 0.25) is 11.8 Å². The number of anilines is 1. The molecule has 0 bridgehead atoms. The van der Waals surface area contributed by atoms with E-state index in [1.54, 1.807) is 6.07 Å². The van der Waals surface area contributed by atoms with Crippen LogP contribution in [0.2, 0.25) is 5.02 Å². The Morgan fingerprint density at radius 3 is 2.20 bits per heavy atom. The Kier molecular flexibility index (Phi) is 10.4. The summed E-state index contributed by atoms with van der Waals surface area (Å²) in [6.07, 6.45) is 0. The summed E-state index contributed by atoms with van der Waals surface area (Å²) in [6, 6.07) is 13.0. The van der Waals surface area contributed by atoms with Crippen LogP contribution >= 0.6 is 11.6 Å². The smallest absolute Gasteiger partial charge is 0.265 e. The van der Waals surface area contributed by atoms with Crippen LogP contribution in [-0.2, 0) is 26.2 Å². The fourth-order valence-electron chi connectivity index (χ4n) is 4.08. The summed E-state index contributed by atoms with van der Waals surface area (Å²) in [5.41, 5.74) is 0.118. The number of carbonyl (C=O) groups is 2. The molecule has 0 aliphatic heterocycles. The first-order valence-corrected chi connectivity index (χ1v) is 14.1. The van der Waals surface area contributed by atoms with E-state index in [1.807, 2.05) is 0 Å². The second-order valence-electron chi connectivity index (χ2n) is 8.75. The summed E-state index contributed by atoms with van der Waals surface area (Å²) in [4.78, 5) is 27.4. The molecule has 0 aliphatic carbocycles. The Balaban J connectivity index is 2.16. The Morgan fingerprint density at radius 1 is 0.951 bits per heavy atom. The van der Waals surface area contributed by atoms with Gasteiger partial charge in [-0.1, -0.05) is 29.8 Å². The van der Waals surface area contributed by atoms with E-state index in [4.69, 9.17) is 25.8 Å². The SMILES string of the molecule is CNC(=O)[C@@H](C)N(Cc1ccccc1F)C(=O)CN(c1cc(Cl)ccc1OC)S(=O)(=O)c1ccc(OC)c(OC)c1. The van der Waals surface area contributed by atoms with E-state index < -0.39 is 40.2 Å². The summed E-state index contributed by atoms with van der Waals surface area (Å²) < 4.78 is 59.6. The topological polar surface area (TPSA) is 114 Å². The lowest BCUT2D eigenvalue weighted by molar-refractivity contribution is -0.139. The number of methoxy groups -OCH3 is 3. The number of carbonyl (C=O) groups excluding carboxylic acids is 2. The molecule has 41 heavy (non-hydrogen) atoms. The first-order chi connectivity index (χ1) is 19.5. The minimum absolute atomic E-state index is 0.0263. The van der Waals surface area contributed by atoms with Crippen LogP contribution in [0.25, 0.3) is 0 Å².